The molecule has 0 radical (unpaired) electrons. The highest BCUT2D eigenvalue weighted by molar-refractivity contribution is 7.98. The van der Waals surface area contributed by atoms with E-state index in [0.29, 0.717) is 23.8 Å². The summed E-state index contributed by atoms with van der Waals surface area (Å²) in [6.07, 6.45) is 2.40. The van der Waals surface area contributed by atoms with Gasteiger partial charge in [-0.25, -0.2) is 9.97 Å². The maximum atomic E-state index is 12.6. The van der Waals surface area contributed by atoms with E-state index in [1.807, 2.05) is 24.3 Å². The van der Waals surface area contributed by atoms with Crippen LogP contribution < -0.4 is 19.7 Å². The lowest BCUT2D eigenvalue weighted by Crippen LogP contribution is -2.22. The number of benzene rings is 1. The standard InChI is InChI=1S/C26H30N4O4S/c1-26(2,3)22-13-23(30-10-4-5-11-30)29-25(28-22)35-15-18-7-9-20(34-18)24(31)27-14-17-6-8-19-21(12-17)33-16-32-19/h6-9,12-13H,4-5,10-11,14-16H2,1-3H3,(H,27,31). The van der Waals surface area contributed by atoms with E-state index in [4.69, 9.17) is 23.9 Å². The molecule has 4 heterocycles. The molecule has 0 unspecified atom stereocenters. The van der Waals surface area contributed by atoms with E-state index in [2.05, 4.69) is 37.1 Å². The Morgan fingerprint density at radius 2 is 1.86 bits per heavy atom. The smallest absolute Gasteiger partial charge is 0.287 e. The first-order valence-electron chi connectivity index (χ1n) is 11.9. The number of ether oxygens (including phenoxy) is 2. The lowest BCUT2D eigenvalue weighted by molar-refractivity contribution is 0.0921. The van der Waals surface area contributed by atoms with E-state index in [-0.39, 0.29) is 23.9 Å². The number of thioether (sulfide) groups is 1. The topological polar surface area (TPSA) is 89.7 Å². The minimum absolute atomic E-state index is 0.0688. The van der Waals surface area contributed by atoms with E-state index in [0.717, 1.165) is 41.1 Å². The number of hydrogen-bond donors (Lipinski definition) is 1. The SMILES string of the molecule is CC(C)(C)c1cc(N2CCCC2)nc(SCc2ccc(C(=O)NCc3ccc4c(c3)OCO4)o2)n1. The van der Waals surface area contributed by atoms with Crippen molar-refractivity contribution in [2.45, 2.75) is 56.5 Å². The molecule has 0 atom stereocenters. The Labute approximate surface area is 209 Å². The van der Waals surface area contributed by atoms with Crippen LogP contribution in [-0.4, -0.2) is 35.8 Å². The van der Waals surface area contributed by atoms with E-state index < -0.39 is 0 Å². The van der Waals surface area contributed by atoms with Crippen LogP contribution in [0.2, 0.25) is 0 Å². The third kappa shape index (κ3) is 5.56. The van der Waals surface area contributed by atoms with Crippen LogP contribution >= 0.6 is 11.8 Å². The summed E-state index contributed by atoms with van der Waals surface area (Å²) >= 11 is 1.52. The zero-order valence-electron chi connectivity index (χ0n) is 20.3. The molecule has 0 saturated carbocycles. The van der Waals surface area contributed by atoms with Gasteiger partial charge in [0.1, 0.15) is 11.6 Å². The number of aromatic nitrogens is 2. The maximum Gasteiger partial charge on any atom is 0.287 e. The highest BCUT2D eigenvalue weighted by atomic mass is 32.2. The fraction of sp³-hybridized carbons (Fsp3) is 0.423. The van der Waals surface area contributed by atoms with E-state index >= 15 is 0 Å². The molecule has 0 spiro atoms. The van der Waals surface area contributed by atoms with Gasteiger partial charge in [0.05, 0.1) is 11.4 Å². The largest absolute Gasteiger partial charge is 0.455 e. The highest BCUT2D eigenvalue weighted by Gasteiger charge is 2.22. The molecule has 2 aromatic heterocycles. The van der Waals surface area contributed by atoms with Crippen molar-refractivity contribution in [3.63, 3.8) is 0 Å². The van der Waals surface area contributed by atoms with Gasteiger partial charge in [-0.2, -0.15) is 0 Å². The molecular formula is C26H30N4O4S. The number of nitrogens with zero attached hydrogens (tertiary/aromatic N) is 3. The molecular weight excluding hydrogens is 464 g/mol. The summed E-state index contributed by atoms with van der Waals surface area (Å²) in [5, 5.41) is 3.62. The summed E-state index contributed by atoms with van der Waals surface area (Å²) < 4.78 is 16.5. The predicted molar refractivity (Wildman–Crippen MR) is 134 cm³/mol. The Morgan fingerprint density at radius 1 is 1.06 bits per heavy atom. The third-order valence-corrected chi connectivity index (χ3v) is 6.88. The van der Waals surface area contributed by atoms with Crippen LogP contribution in [0.4, 0.5) is 5.82 Å². The molecule has 5 rings (SSSR count). The molecule has 1 saturated heterocycles. The van der Waals surface area contributed by atoms with Gasteiger partial charge in [-0.3, -0.25) is 4.79 Å². The number of fused-ring (bicyclic) bond motifs is 1. The van der Waals surface area contributed by atoms with Crippen molar-refractivity contribution in [3.05, 3.63) is 59.2 Å². The molecule has 0 aliphatic carbocycles. The van der Waals surface area contributed by atoms with Crippen LogP contribution in [0.3, 0.4) is 0 Å². The molecule has 1 N–H and O–H groups in total. The second-order valence-electron chi connectivity index (χ2n) is 9.76. The molecule has 8 nitrogen and oxygen atoms in total. The summed E-state index contributed by atoms with van der Waals surface area (Å²) in [4.78, 5) is 24.5. The van der Waals surface area contributed by atoms with Crippen molar-refractivity contribution in [3.8, 4) is 11.5 Å². The Hall–Kier alpha value is -3.20. The minimum Gasteiger partial charge on any atom is -0.455 e. The molecule has 0 bridgehead atoms. The fourth-order valence-electron chi connectivity index (χ4n) is 4.00. The first-order valence-corrected chi connectivity index (χ1v) is 12.9. The number of anilines is 1. The van der Waals surface area contributed by atoms with Crippen LogP contribution in [0, 0.1) is 0 Å². The van der Waals surface area contributed by atoms with Crippen molar-refractivity contribution in [2.24, 2.45) is 0 Å². The summed E-state index contributed by atoms with van der Waals surface area (Å²) in [5.41, 5.74) is 1.88. The summed E-state index contributed by atoms with van der Waals surface area (Å²) in [7, 11) is 0. The maximum absolute atomic E-state index is 12.6. The number of nitrogens with one attached hydrogen (secondary N) is 1. The molecule has 35 heavy (non-hydrogen) atoms. The van der Waals surface area contributed by atoms with Crippen molar-refractivity contribution in [1.82, 2.24) is 15.3 Å². The predicted octanol–water partition coefficient (Wildman–Crippen LogP) is 4.92. The monoisotopic (exact) mass is 494 g/mol. The van der Waals surface area contributed by atoms with Crippen molar-refractivity contribution in [2.75, 3.05) is 24.8 Å². The quantitative estimate of drug-likeness (QED) is 0.366. The first-order chi connectivity index (χ1) is 16.8. The Kier molecular flexibility index (Phi) is 6.60. The molecule has 184 valence electrons. The van der Waals surface area contributed by atoms with Crippen molar-refractivity contribution < 1.29 is 18.7 Å². The van der Waals surface area contributed by atoms with Crippen LogP contribution in [0.25, 0.3) is 0 Å². The molecule has 3 aromatic rings. The number of furan rings is 1. The average Bonchev–Trinajstić information content (AvgIpc) is 3.61. The molecule has 9 heteroatoms. The number of carbonyl (C=O) groups is 1. The average molecular weight is 495 g/mol. The summed E-state index contributed by atoms with van der Waals surface area (Å²) in [6, 6.07) is 11.3. The van der Waals surface area contributed by atoms with Crippen LogP contribution in [0.1, 0.15) is 61.2 Å². The first kappa shape index (κ1) is 23.5. The van der Waals surface area contributed by atoms with Crippen LogP contribution in [0.5, 0.6) is 11.5 Å². The van der Waals surface area contributed by atoms with Gasteiger partial charge in [-0.1, -0.05) is 38.6 Å². The number of amides is 1. The Bertz CT molecular complexity index is 1210. The van der Waals surface area contributed by atoms with Gasteiger partial charge in [-0.05, 0) is 42.7 Å². The third-order valence-electron chi connectivity index (χ3n) is 6.01. The van der Waals surface area contributed by atoms with Gasteiger partial charge in [0.15, 0.2) is 22.4 Å². The zero-order valence-corrected chi connectivity index (χ0v) is 21.1. The van der Waals surface area contributed by atoms with Gasteiger partial charge in [0.2, 0.25) is 6.79 Å². The second kappa shape index (κ2) is 9.81. The Balaban J connectivity index is 1.21. The van der Waals surface area contributed by atoms with Crippen LogP contribution in [-0.2, 0) is 17.7 Å². The van der Waals surface area contributed by atoms with Gasteiger partial charge < -0.3 is 24.1 Å². The van der Waals surface area contributed by atoms with Crippen LogP contribution in [0.15, 0.2) is 46.0 Å². The van der Waals surface area contributed by atoms with Crippen molar-refractivity contribution in [1.29, 1.82) is 0 Å². The number of rotatable bonds is 7. The van der Waals surface area contributed by atoms with Gasteiger partial charge >= 0.3 is 0 Å². The fourth-order valence-corrected chi connectivity index (χ4v) is 4.75. The van der Waals surface area contributed by atoms with Crippen molar-refractivity contribution >= 4 is 23.5 Å². The Morgan fingerprint density at radius 3 is 2.66 bits per heavy atom. The molecule has 1 fully saturated rings. The summed E-state index contributed by atoms with van der Waals surface area (Å²) in [5.74, 6) is 3.67. The molecule has 2 aliphatic heterocycles. The molecule has 1 aromatic carbocycles. The van der Waals surface area contributed by atoms with E-state index in [1.165, 1.54) is 24.6 Å². The molecule has 2 aliphatic rings. The lowest BCUT2D eigenvalue weighted by atomic mass is 9.92. The highest BCUT2D eigenvalue weighted by Crippen LogP contribution is 2.33. The number of carbonyl (C=O) groups excluding carboxylic acids is 1. The molecule has 1 amide bonds. The van der Waals surface area contributed by atoms with Gasteiger partial charge in [-0.15, -0.1) is 0 Å². The summed E-state index contributed by atoms with van der Waals surface area (Å²) in [6.45, 7) is 9.16. The van der Waals surface area contributed by atoms with Gasteiger partial charge in [0, 0.05) is 31.1 Å². The van der Waals surface area contributed by atoms with E-state index in [9.17, 15) is 4.79 Å². The second-order valence-corrected chi connectivity index (χ2v) is 10.7. The number of hydrogen-bond acceptors (Lipinski definition) is 8. The minimum atomic E-state index is -0.263. The zero-order chi connectivity index (χ0) is 24.4. The van der Waals surface area contributed by atoms with Gasteiger partial charge in [0.25, 0.3) is 5.91 Å². The van der Waals surface area contributed by atoms with E-state index in [1.54, 1.807) is 6.07 Å². The lowest BCUT2D eigenvalue weighted by Gasteiger charge is -2.22. The normalized spacial score (nSPS) is 15.0.